The summed E-state index contributed by atoms with van der Waals surface area (Å²) in [5.41, 5.74) is 0.656. The van der Waals surface area contributed by atoms with Gasteiger partial charge in [-0.15, -0.1) is 0 Å². The van der Waals surface area contributed by atoms with Gasteiger partial charge >= 0.3 is 0 Å². The van der Waals surface area contributed by atoms with Gasteiger partial charge in [0, 0.05) is 5.56 Å². The second kappa shape index (κ2) is 5.05. The zero-order valence-corrected chi connectivity index (χ0v) is 11.7. The maximum atomic E-state index is 9.75. The molecule has 3 saturated heterocycles. The average Bonchev–Trinajstić information content (AvgIpc) is 3.13. The van der Waals surface area contributed by atoms with Crippen molar-refractivity contribution < 1.29 is 39.0 Å². The quantitative estimate of drug-likeness (QED) is 0.678. The zero-order chi connectivity index (χ0) is 15.4. The van der Waals surface area contributed by atoms with Crippen LogP contribution in [0, 0.1) is 0 Å². The predicted molar refractivity (Wildman–Crippen MR) is 68.9 cm³/mol. The van der Waals surface area contributed by atoms with E-state index in [-0.39, 0.29) is 5.75 Å². The number of rotatable bonds is 2. The van der Waals surface area contributed by atoms with Crippen LogP contribution in [0.2, 0.25) is 0 Å². The van der Waals surface area contributed by atoms with Crippen LogP contribution in [-0.2, 0) is 18.9 Å². The number of hydrogen-bond acceptors (Lipinski definition) is 8. The molecule has 0 radical (unpaired) electrons. The van der Waals surface area contributed by atoms with Crippen LogP contribution in [0.25, 0.3) is 0 Å². The third-order valence-corrected chi connectivity index (χ3v) is 4.15. The topological polar surface area (TPSA) is 107 Å². The molecule has 0 saturated carbocycles. The fraction of sp³-hybridized carbons (Fsp3) is 0.571. The number of phenols is 1. The molecule has 0 bridgehead atoms. The van der Waals surface area contributed by atoms with Crippen molar-refractivity contribution in [2.24, 2.45) is 0 Å². The molecule has 4 rings (SSSR count). The van der Waals surface area contributed by atoms with Crippen LogP contribution in [-0.4, -0.2) is 59.4 Å². The number of aliphatic hydroxyl groups is 2. The van der Waals surface area contributed by atoms with Crippen molar-refractivity contribution in [1.82, 2.24) is 0 Å². The minimum Gasteiger partial charge on any atom is -0.504 e. The third kappa shape index (κ3) is 2.00. The minimum absolute atomic E-state index is 0.0196. The van der Waals surface area contributed by atoms with Crippen LogP contribution in [0.4, 0.5) is 0 Å². The first kappa shape index (κ1) is 14.2. The Morgan fingerprint density at radius 2 is 1.82 bits per heavy atom. The molecule has 8 nitrogen and oxygen atoms in total. The largest absolute Gasteiger partial charge is 0.504 e. The highest BCUT2D eigenvalue weighted by Crippen LogP contribution is 2.45. The van der Waals surface area contributed by atoms with Crippen molar-refractivity contribution in [2.75, 3.05) is 7.11 Å². The maximum Gasteiger partial charge on any atom is 0.190 e. The molecule has 0 amide bonds. The number of aromatic hydroxyl groups is 1. The average molecular weight is 312 g/mol. The number of aliphatic hydroxyl groups excluding tert-OH is 2. The summed E-state index contributed by atoms with van der Waals surface area (Å²) < 4.78 is 27.4. The van der Waals surface area contributed by atoms with Crippen LogP contribution < -0.4 is 4.74 Å². The summed E-state index contributed by atoms with van der Waals surface area (Å²) in [5, 5.41) is 28.9. The van der Waals surface area contributed by atoms with Gasteiger partial charge in [0.1, 0.15) is 24.4 Å². The Balaban J connectivity index is 1.53. The van der Waals surface area contributed by atoms with E-state index < -0.39 is 43.3 Å². The number of ether oxygens (including phenoxy) is 5. The molecule has 22 heavy (non-hydrogen) atoms. The highest BCUT2D eigenvalue weighted by atomic mass is 16.8. The Kier molecular flexibility index (Phi) is 3.26. The normalized spacial score (nSPS) is 43.1. The lowest BCUT2D eigenvalue weighted by atomic mass is 10.1. The minimum atomic E-state index is -1.28. The van der Waals surface area contributed by atoms with Gasteiger partial charge in [0.05, 0.1) is 7.11 Å². The summed E-state index contributed by atoms with van der Waals surface area (Å²) in [5.74, 6) is 0.328. The van der Waals surface area contributed by atoms with Gasteiger partial charge in [-0.2, -0.15) is 0 Å². The van der Waals surface area contributed by atoms with Crippen LogP contribution in [0.5, 0.6) is 11.5 Å². The fourth-order valence-electron chi connectivity index (χ4n) is 3.03. The van der Waals surface area contributed by atoms with Gasteiger partial charge < -0.3 is 39.0 Å². The first-order valence-electron chi connectivity index (χ1n) is 6.93. The molecule has 1 aromatic rings. The summed E-state index contributed by atoms with van der Waals surface area (Å²) in [7, 11) is 1.45. The highest BCUT2D eigenvalue weighted by molar-refractivity contribution is 5.42. The van der Waals surface area contributed by atoms with Gasteiger partial charge in [-0.3, -0.25) is 0 Å². The summed E-state index contributed by atoms with van der Waals surface area (Å²) >= 11 is 0. The Hall–Kier alpha value is -1.42. The van der Waals surface area contributed by atoms with Crippen molar-refractivity contribution in [3.8, 4) is 11.5 Å². The molecule has 7 atom stereocenters. The summed E-state index contributed by atoms with van der Waals surface area (Å²) in [6.45, 7) is 0. The summed E-state index contributed by atoms with van der Waals surface area (Å²) in [6.07, 6.45) is -5.57. The van der Waals surface area contributed by atoms with E-state index in [2.05, 4.69) is 0 Å². The van der Waals surface area contributed by atoms with E-state index in [1.807, 2.05) is 0 Å². The van der Waals surface area contributed by atoms with Crippen molar-refractivity contribution in [3.63, 3.8) is 0 Å². The second-order valence-corrected chi connectivity index (χ2v) is 5.45. The highest BCUT2D eigenvalue weighted by Gasteiger charge is 2.60. The van der Waals surface area contributed by atoms with Crippen LogP contribution in [0.3, 0.4) is 0 Å². The van der Waals surface area contributed by atoms with Crippen molar-refractivity contribution >= 4 is 0 Å². The second-order valence-electron chi connectivity index (χ2n) is 5.45. The van der Waals surface area contributed by atoms with Crippen LogP contribution in [0.1, 0.15) is 11.9 Å². The molecule has 0 spiro atoms. The summed E-state index contributed by atoms with van der Waals surface area (Å²) in [6, 6.07) is 4.75. The van der Waals surface area contributed by atoms with Gasteiger partial charge in [-0.05, 0) is 12.1 Å². The lowest BCUT2D eigenvalue weighted by molar-refractivity contribution is -0.177. The number of phenolic OH excluding ortho intramolecular Hbond substituents is 1. The fourth-order valence-corrected chi connectivity index (χ4v) is 3.03. The molecule has 3 heterocycles. The molecular formula is C14H16O8. The SMILES string of the molecule is COc1cc(C2OC3OC4C(O)C(O)OC4C3O2)ccc1O. The molecule has 3 fully saturated rings. The molecule has 7 unspecified atom stereocenters. The number of methoxy groups -OCH3 is 1. The van der Waals surface area contributed by atoms with Crippen molar-refractivity contribution in [3.05, 3.63) is 23.8 Å². The molecular weight excluding hydrogens is 296 g/mol. The first-order chi connectivity index (χ1) is 10.6. The molecule has 120 valence electrons. The Bertz CT molecular complexity index is 578. The van der Waals surface area contributed by atoms with Crippen molar-refractivity contribution in [2.45, 2.75) is 43.3 Å². The number of hydrogen-bond donors (Lipinski definition) is 3. The van der Waals surface area contributed by atoms with Crippen LogP contribution >= 0.6 is 0 Å². The van der Waals surface area contributed by atoms with E-state index in [1.54, 1.807) is 12.1 Å². The van der Waals surface area contributed by atoms with E-state index in [9.17, 15) is 15.3 Å². The molecule has 3 aliphatic heterocycles. The van der Waals surface area contributed by atoms with Gasteiger partial charge in [-0.1, -0.05) is 6.07 Å². The van der Waals surface area contributed by atoms with E-state index in [1.165, 1.54) is 13.2 Å². The molecule has 1 aromatic carbocycles. The monoisotopic (exact) mass is 312 g/mol. The lowest BCUT2D eigenvalue weighted by Gasteiger charge is -2.17. The van der Waals surface area contributed by atoms with Gasteiger partial charge in [0.25, 0.3) is 0 Å². The maximum absolute atomic E-state index is 9.75. The van der Waals surface area contributed by atoms with E-state index in [0.717, 1.165) is 0 Å². The lowest BCUT2D eigenvalue weighted by Crippen LogP contribution is -2.33. The number of benzene rings is 1. The van der Waals surface area contributed by atoms with Crippen molar-refractivity contribution in [1.29, 1.82) is 0 Å². The van der Waals surface area contributed by atoms with Crippen LogP contribution in [0.15, 0.2) is 18.2 Å². The standard InChI is InChI=1S/C14H16O8/c1-18-7-4-5(2-3-6(7)15)13-21-11-10-9(20-14(11)22-13)8(16)12(17)19-10/h2-4,8-17H,1H3. The predicted octanol–water partition coefficient (Wildman–Crippen LogP) is -0.382. The number of fused-ring (bicyclic) bond motifs is 3. The Labute approximate surface area is 125 Å². The molecule has 3 N–H and O–H groups in total. The molecule has 0 aliphatic carbocycles. The molecule has 8 heteroatoms. The van der Waals surface area contributed by atoms with Gasteiger partial charge in [0.15, 0.2) is 30.4 Å². The zero-order valence-electron chi connectivity index (χ0n) is 11.7. The molecule has 3 aliphatic rings. The van der Waals surface area contributed by atoms with Gasteiger partial charge in [0.2, 0.25) is 0 Å². The van der Waals surface area contributed by atoms with E-state index in [0.29, 0.717) is 11.3 Å². The Morgan fingerprint density at radius 1 is 1.00 bits per heavy atom. The third-order valence-electron chi connectivity index (χ3n) is 4.15. The summed E-state index contributed by atoms with van der Waals surface area (Å²) in [4.78, 5) is 0. The molecule has 0 aromatic heterocycles. The first-order valence-corrected chi connectivity index (χ1v) is 6.93. The Morgan fingerprint density at radius 3 is 2.59 bits per heavy atom. The van der Waals surface area contributed by atoms with Gasteiger partial charge in [-0.25, -0.2) is 0 Å². The van der Waals surface area contributed by atoms with E-state index in [4.69, 9.17) is 23.7 Å². The van der Waals surface area contributed by atoms with E-state index >= 15 is 0 Å². The smallest absolute Gasteiger partial charge is 0.190 e.